The molecule has 1 aliphatic heterocycles. The average Bonchev–Trinajstić information content (AvgIpc) is 2.78. The normalized spacial score (nSPS) is 31.3. The maximum absolute atomic E-state index is 2.81. The highest BCUT2D eigenvalue weighted by atomic mass is 15.3. The lowest BCUT2D eigenvalue weighted by Gasteiger charge is -2.40. The van der Waals surface area contributed by atoms with E-state index in [0.717, 1.165) is 12.0 Å². The van der Waals surface area contributed by atoms with Gasteiger partial charge in [0.15, 0.2) is 0 Å². The van der Waals surface area contributed by atoms with Gasteiger partial charge in [0.2, 0.25) is 0 Å². The molecule has 3 aliphatic rings. The minimum atomic E-state index is 0.914. The van der Waals surface area contributed by atoms with Crippen LogP contribution in [0.2, 0.25) is 0 Å². The van der Waals surface area contributed by atoms with Crippen LogP contribution in [0.5, 0.6) is 0 Å². The van der Waals surface area contributed by atoms with Crippen molar-refractivity contribution < 1.29 is 0 Å². The third kappa shape index (κ3) is 4.08. The summed E-state index contributed by atoms with van der Waals surface area (Å²) in [7, 11) is 0. The molecule has 20 heavy (non-hydrogen) atoms. The summed E-state index contributed by atoms with van der Waals surface area (Å²) in [6.07, 6.45) is 17.6. The third-order valence-corrected chi connectivity index (χ3v) is 5.64. The van der Waals surface area contributed by atoms with E-state index >= 15 is 0 Å². The summed E-state index contributed by atoms with van der Waals surface area (Å²) < 4.78 is 0. The van der Waals surface area contributed by atoms with Gasteiger partial charge in [0.05, 0.1) is 0 Å². The van der Waals surface area contributed by atoms with E-state index in [-0.39, 0.29) is 0 Å². The first-order chi connectivity index (χ1) is 9.92. The van der Waals surface area contributed by atoms with Crippen LogP contribution in [0.15, 0.2) is 12.2 Å². The Kier molecular flexibility index (Phi) is 5.55. The van der Waals surface area contributed by atoms with Crippen molar-refractivity contribution in [1.29, 1.82) is 0 Å². The second kappa shape index (κ2) is 7.61. The predicted molar refractivity (Wildman–Crippen MR) is 86.0 cm³/mol. The summed E-state index contributed by atoms with van der Waals surface area (Å²) in [5.41, 5.74) is 0. The van der Waals surface area contributed by atoms with Crippen molar-refractivity contribution in [1.82, 2.24) is 9.80 Å². The monoisotopic (exact) mass is 276 g/mol. The van der Waals surface area contributed by atoms with E-state index < -0.39 is 0 Å². The van der Waals surface area contributed by atoms with Crippen LogP contribution >= 0.6 is 0 Å². The minimum Gasteiger partial charge on any atom is -0.301 e. The van der Waals surface area contributed by atoms with Crippen LogP contribution in [0.1, 0.15) is 57.8 Å². The zero-order valence-electron chi connectivity index (χ0n) is 13.1. The standard InChI is InChI=1S/C18H32N2/c1-2-7-11-18(10-6-1)20-14-12-19(13-15-20)16-17-8-4-3-5-9-17/h3-4,17-18H,1-2,5-16H2/t17-/m0/s1. The van der Waals surface area contributed by atoms with Crippen LogP contribution in [-0.2, 0) is 0 Å². The Morgan fingerprint density at radius 3 is 2.20 bits per heavy atom. The molecule has 2 heteroatoms. The van der Waals surface area contributed by atoms with E-state index in [1.54, 1.807) is 0 Å². The molecule has 1 atom stereocenters. The molecule has 1 saturated carbocycles. The van der Waals surface area contributed by atoms with Gasteiger partial charge in [0, 0.05) is 38.8 Å². The Bertz CT molecular complexity index is 297. The quantitative estimate of drug-likeness (QED) is 0.573. The smallest absolute Gasteiger partial charge is 0.0113 e. The molecule has 0 aromatic carbocycles. The molecule has 0 N–H and O–H groups in total. The Morgan fingerprint density at radius 1 is 0.800 bits per heavy atom. The number of piperazine rings is 1. The molecule has 0 aromatic heterocycles. The van der Waals surface area contributed by atoms with Crippen molar-refractivity contribution in [2.75, 3.05) is 32.7 Å². The molecule has 0 bridgehead atoms. The Hall–Kier alpha value is -0.340. The highest BCUT2D eigenvalue weighted by molar-refractivity contribution is 4.91. The zero-order chi connectivity index (χ0) is 13.6. The molecule has 0 spiro atoms. The number of allylic oxidation sites excluding steroid dienone is 2. The molecule has 0 radical (unpaired) electrons. The van der Waals surface area contributed by atoms with E-state index in [0.29, 0.717) is 0 Å². The Morgan fingerprint density at radius 2 is 1.55 bits per heavy atom. The zero-order valence-corrected chi connectivity index (χ0v) is 13.1. The fourth-order valence-corrected chi connectivity index (χ4v) is 4.32. The van der Waals surface area contributed by atoms with Crippen LogP contribution in [0.4, 0.5) is 0 Å². The highest BCUT2D eigenvalue weighted by Gasteiger charge is 2.25. The van der Waals surface area contributed by atoms with Crippen LogP contribution in [-0.4, -0.2) is 48.6 Å². The van der Waals surface area contributed by atoms with Gasteiger partial charge in [-0.2, -0.15) is 0 Å². The molecule has 1 heterocycles. The summed E-state index contributed by atoms with van der Waals surface area (Å²) in [6, 6.07) is 0.914. The molecule has 0 unspecified atom stereocenters. The summed E-state index contributed by atoms with van der Waals surface area (Å²) in [5.74, 6) is 0.935. The van der Waals surface area contributed by atoms with Crippen molar-refractivity contribution in [3.8, 4) is 0 Å². The lowest BCUT2D eigenvalue weighted by atomic mass is 9.93. The second-order valence-electron chi connectivity index (χ2n) is 7.13. The minimum absolute atomic E-state index is 0.914. The lowest BCUT2D eigenvalue weighted by molar-refractivity contribution is 0.0787. The van der Waals surface area contributed by atoms with E-state index in [1.807, 2.05) is 0 Å². The van der Waals surface area contributed by atoms with Crippen LogP contribution < -0.4 is 0 Å². The molecule has 0 aromatic rings. The first-order valence-corrected chi connectivity index (χ1v) is 9.03. The van der Waals surface area contributed by atoms with E-state index in [2.05, 4.69) is 22.0 Å². The van der Waals surface area contributed by atoms with Crippen LogP contribution in [0.25, 0.3) is 0 Å². The van der Waals surface area contributed by atoms with Gasteiger partial charge in [-0.05, 0) is 38.0 Å². The Balaban J connectivity index is 1.40. The number of nitrogens with zero attached hydrogens (tertiary/aromatic N) is 2. The van der Waals surface area contributed by atoms with Gasteiger partial charge in [-0.3, -0.25) is 4.90 Å². The van der Waals surface area contributed by atoms with Crippen molar-refractivity contribution >= 4 is 0 Å². The second-order valence-corrected chi connectivity index (χ2v) is 7.13. The van der Waals surface area contributed by atoms with Gasteiger partial charge in [0.1, 0.15) is 0 Å². The number of hydrogen-bond acceptors (Lipinski definition) is 2. The molecule has 114 valence electrons. The molecule has 2 aliphatic carbocycles. The first-order valence-electron chi connectivity index (χ1n) is 9.03. The lowest BCUT2D eigenvalue weighted by Crippen LogP contribution is -2.51. The number of rotatable bonds is 3. The molecule has 3 rings (SSSR count). The molecule has 0 amide bonds. The third-order valence-electron chi connectivity index (χ3n) is 5.64. The predicted octanol–water partition coefficient (Wildman–Crippen LogP) is 3.68. The fourth-order valence-electron chi connectivity index (χ4n) is 4.32. The summed E-state index contributed by atoms with van der Waals surface area (Å²) in [5, 5.41) is 0. The summed E-state index contributed by atoms with van der Waals surface area (Å²) >= 11 is 0. The highest BCUT2D eigenvalue weighted by Crippen LogP contribution is 2.24. The Labute approximate surface area is 125 Å². The SMILES string of the molecule is C1=CC[C@H](CN2CCN(C3CCCCCC3)CC2)CC1. The fraction of sp³-hybridized carbons (Fsp3) is 0.889. The van der Waals surface area contributed by atoms with E-state index in [9.17, 15) is 0 Å². The largest absolute Gasteiger partial charge is 0.301 e. The first kappa shape index (κ1) is 14.6. The van der Waals surface area contributed by atoms with Crippen molar-refractivity contribution in [2.24, 2.45) is 5.92 Å². The van der Waals surface area contributed by atoms with Gasteiger partial charge >= 0.3 is 0 Å². The van der Waals surface area contributed by atoms with Crippen molar-refractivity contribution in [3.63, 3.8) is 0 Å². The van der Waals surface area contributed by atoms with Gasteiger partial charge in [-0.15, -0.1) is 0 Å². The van der Waals surface area contributed by atoms with Crippen molar-refractivity contribution in [3.05, 3.63) is 12.2 Å². The summed E-state index contributed by atoms with van der Waals surface area (Å²) in [6.45, 7) is 6.64. The summed E-state index contributed by atoms with van der Waals surface area (Å²) in [4.78, 5) is 5.54. The van der Waals surface area contributed by atoms with Crippen LogP contribution in [0.3, 0.4) is 0 Å². The molecule has 1 saturated heterocycles. The van der Waals surface area contributed by atoms with Crippen LogP contribution in [0, 0.1) is 5.92 Å². The topological polar surface area (TPSA) is 6.48 Å². The van der Waals surface area contributed by atoms with E-state index in [1.165, 1.54) is 90.5 Å². The van der Waals surface area contributed by atoms with Gasteiger partial charge in [-0.1, -0.05) is 37.8 Å². The number of hydrogen-bond donors (Lipinski definition) is 0. The van der Waals surface area contributed by atoms with Gasteiger partial charge in [0.25, 0.3) is 0 Å². The maximum Gasteiger partial charge on any atom is 0.0113 e. The van der Waals surface area contributed by atoms with Gasteiger partial charge < -0.3 is 4.90 Å². The molecular weight excluding hydrogens is 244 g/mol. The molecule has 2 fully saturated rings. The molecular formula is C18H32N2. The molecule has 2 nitrogen and oxygen atoms in total. The maximum atomic E-state index is 2.81. The van der Waals surface area contributed by atoms with Gasteiger partial charge in [-0.25, -0.2) is 0 Å². The van der Waals surface area contributed by atoms with Crippen molar-refractivity contribution in [2.45, 2.75) is 63.8 Å². The van der Waals surface area contributed by atoms with E-state index in [4.69, 9.17) is 0 Å². The average molecular weight is 276 g/mol.